The van der Waals surface area contributed by atoms with Crippen LogP contribution in [0, 0.1) is 0 Å². The van der Waals surface area contributed by atoms with Crippen molar-refractivity contribution in [3.05, 3.63) is 73.3 Å². The molecule has 0 atom stereocenters. The van der Waals surface area contributed by atoms with Gasteiger partial charge in [0.25, 0.3) is 0 Å². The van der Waals surface area contributed by atoms with Crippen molar-refractivity contribution >= 4 is 37.8 Å². The standard InChI is InChI=1S/C24H21N7O2S/c32-34(33,21-16-27-23-19(21)5-3-9-26-23)31-14-12-30(13-15-31)24-18-4-1-2-6-20(18)28-22(29-24)17-7-10-25-11-8-17/h1-11,16H,12-15H2,(H,26,27). The molecule has 0 spiro atoms. The van der Waals surface area contributed by atoms with E-state index < -0.39 is 10.0 Å². The number of benzene rings is 1. The lowest BCUT2D eigenvalue weighted by molar-refractivity contribution is 0.384. The smallest absolute Gasteiger partial charge is 0.245 e. The first-order valence-corrected chi connectivity index (χ1v) is 12.4. The number of sulfonamides is 1. The van der Waals surface area contributed by atoms with Crippen LogP contribution in [-0.2, 0) is 10.0 Å². The van der Waals surface area contributed by atoms with Crippen molar-refractivity contribution in [2.24, 2.45) is 0 Å². The SMILES string of the molecule is O=S(=O)(c1c[nH]c2ncccc12)N1CCN(c2nc(-c3ccncc3)nc3ccccc23)CC1. The molecule has 10 heteroatoms. The van der Waals surface area contributed by atoms with Gasteiger partial charge in [-0.15, -0.1) is 0 Å². The van der Waals surface area contributed by atoms with E-state index in [-0.39, 0.29) is 4.90 Å². The molecular formula is C24H21N7O2S. The van der Waals surface area contributed by atoms with Crippen molar-refractivity contribution in [3.63, 3.8) is 0 Å². The summed E-state index contributed by atoms with van der Waals surface area (Å²) in [6, 6.07) is 15.2. The summed E-state index contributed by atoms with van der Waals surface area (Å²) >= 11 is 0. The number of para-hydroxylation sites is 1. The van der Waals surface area contributed by atoms with E-state index in [9.17, 15) is 8.42 Å². The Hall–Kier alpha value is -3.89. The highest BCUT2D eigenvalue weighted by molar-refractivity contribution is 7.89. The van der Waals surface area contributed by atoms with E-state index in [0.717, 1.165) is 22.3 Å². The van der Waals surface area contributed by atoms with Gasteiger partial charge in [0, 0.05) is 67.3 Å². The monoisotopic (exact) mass is 471 g/mol. The highest BCUT2D eigenvalue weighted by Gasteiger charge is 2.31. The highest BCUT2D eigenvalue weighted by Crippen LogP contribution is 2.30. The molecule has 0 saturated carbocycles. The number of aromatic amines is 1. The van der Waals surface area contributed by atoms with Crippen LogP contribution in [0.4, 0.5) is 5.82 Å². The summed E-state index contributed by atoms with van der Waals surface area (Å²) in [6.07, 6.45) is 6.60. The van der Waals surface area contributed by atoms with Gasteiger partial charge in [-0.3, -0.25) is 4.98 Å². The summed E-state index contributed by atoms with van der Waals surface area (Å²) in [6.45, 7) is 1.77. The Kier molecular flexibility index (Phi) is 4.96. The van der Waals surface area contributed by atoms with Crippen LogP contribution in [0.15, 0.2) is 78.2 Å². The minimum Gasteiger partial charge on any atom is -0.353 e. The van der Waals surface area contributed by atoms with E-state index in [1.165, 1.54) is 10.5 Å². The van der Waals surface area contributed by atoms with Crippen molar-refractivity contribution in [2.45, 2.75) is 4.90 Å². The van der Waals surface area contributed by atoms with Gasteiger partial charge in [0.2, 0.25) is 10.0 Å². The Morgan fingerprint density at radius 1 is 0.824 bits per heavy atom. The van der Waals surface area contributed by atoms with Crippen LogP contribution in [0.3, 0.4) is 0 Å². The topological polar surface area (TPSA) is 108 Å². The molecule has 5 heterocycles. The number of rotatable bonds is 4. The number of pyridine rings is 2. The lowest BCUT2D eigenvalue weighted by Crippen LogP contribution is -2.49. The van der Waals surface area contributed by atoms with Crippen molar-refractivity contribution in [2.75, 3.05) is 31.1 Å². The van der Waals surface area contributed by atoms with E-state index in [0.29, 0.717) is 43.0 Å². The average molecular weight is 472 g/mol. The Bertz CT molecular complexity index is 1590. The van der Waals surface area contributed by atoms with Gasteiger partial charge in [0.1, 0.15) is 16.4 Å². The molecule has 6 rings (SSSR count). The summed E-state index contributed by atoms with van der Waals surface area (Å²) in [5.74, 6) is 1.43. The van der Waals surface area contributed by atoms with Gasteiger partial charge in [-0.25, -0.2) is 23.4 Å². The second-order valence-electron chi connectivity index (χ2n) is 8.07. The number of nitrogens with one attached hydrogen (secondary N) is 1. The maximum atomic E-state index is 13.4. The van der Waals surface area contributed by atoms with Crippen molar-refractivity contribution < 1.29 is 8.42 Å². The summed E-state index contributed by atoms with van der Waals surface area (Å²) < 4.78 is 28.3. The number of fused-ring (bicyclic) bond motifs is 2. The zero-order valence-electron chi connectivity index (χ0n) is 18.2. The highest BCUT2D eigenvalue weighted by atomic mass is 32.2. The van der Waals surface area contributed by atoms with Crippen molar-refractivity contribution in [1.82, 2.24) is 29.2 Å². The van der Waals surface area contributed by atoms with Crippen LogP contribution in [0.5, 0.6) is 0 Å². The molecule has 1 N–H and O–H groups in total. The van der Waals surface area contributed by atoms with Gasteiger partial charge in [-0.2, -0.15) is 4.31 Å². The van der Waals surface area contributed by atoms with Gasteiger partial charge in [0.05, 0.1) is 5.52 Å². The van der Waals surface area contributed by atoms with Crippen LogP contribution >= 0.6 is 0 Å². The Morgan fingerprint density at radius 2 is 1.59 bits per heavy atom. The van der Waals surface area contributed by atoms with Crippen molar-refractivity contribution in [3.8, 4) is 11.4 Å². The van der Waals surface area contributed by atoms with E-state index >= 15 is 0 Å². The fraction of sp³-hybridized carbons (Fsp3) is 0.167. The summed E-state index contributed by atoms with van der Waals surface area (Å²) in [4.78, 5) is 23.3. The minimum atomic E-state index is -3.65. The van der Waals surface area contributed by atoms with Gasteiger partial charge in [-0.05, 0) is 36.4 Å². The van der Waals surface area contributed by atoms with E-state index in [1.807, 2.05) is 36.4 Å². The Labute approximate surface area is 196 Å². The molecule has 1 fully saturated rings. The number of nitrogens with zero attached hydrogens (tertiary/aromatic N) is 6. The molecule has 1 saturated heterocycles. The van der Waals surface area contributed by atoms with Crippen molar-refractivity contribution in [1.29, 1.82) is 0 Å². The van der Waals surface area contributed by atoms with Gasteiger partial charge < -0.3 is 9.88 Å². The van der Waals surface area contributed by atoms with Crippen LogP contribution in [-0.4, -0.2) is 63.8 Å². The van der Waals surface area contributed by atoms with Crippen LogP contribution in [0.25, 0.3) is 33.3 Å². The fourth-order valence-electron chi connectivity index (χ4n) is 4.35. The molecule has 0 bridgehead atoms. The summed E-state index contributed by atoms with van der Waals surface area (Å²) in [7, 11) is -3.65. The molecule has 1 aliphatic rings. The third kappa shape index (κ3) is 3.47. The van der Waals surface area contributed by atoms with Gasteiger partial charge in [-0.1, -0.05) is 12.1 Å². The van der Waals surface area contributed by atoms with Crippen LogP contribution in [0.1, 0.15) is 0 Å². The number of H-pyrrole nitrogens is 1. The predicted octanol–water partition coefficient (Wildman–Crippen LogP) is 3.08. The van der Waals surface area contributed by atoms with E-state index in [4.69, 9.17) is 9.97 Å². The third-order valence-electron chi connectivity index (χ3n) is 6.09. The maximum Gasteiger partial charge on any atom is 0.245 e. The average Bonchev–Trinajstić information content (AvgIpc) is 3.34. The number of piperazine rings is 1. The molecule has 0 aliphatic carbocycles. The maximum absolute atomic E-state index is 13.4. The zero-order chi connectivity index (χ0) is 23.1. The molecule has 9 nitrogen and oxygen atoms in total. The lowest BCUT2D eigenvalue weighted by atomic mass is 10.2. The van der Waals surface area contributed by atoms with Crippen LogP contribution < -0.4 is 4.90 Å². The Morgan fingerprint density at radius 3 is 2.41 bits per heavy atom. The molecule has 0 radical (unpaired) electrons. The quantitative estimate of drug-likeness (QED) is 0.429. The zero-order valence-corrected chi connectivity index (χ0v) is 19.0. The first kappa shape index (κ1) is 20.7. The number of hydrogen-bond acceptors (Lipinski definition) is 7. The first-order valence-electron chi connectivity index (χ1n) is 11.0. The van der Waals surface area contributed by atoms with E-state index in [1.54, 1.807) is 30.7 Å². The predicted molar refractivity (Wildman–Crippen MR) is 130 cm³/mol. The molecule has 170 valence electrons. The normalized spacial score (nSPS) is 15.2. The largest absolute Gasteiger partial charge is 0.353 e. The summed E-state index contributed by atoms with van der Waals surface area (Å²) in [5.41, 5.74) is 2.30. The lowest BCUT2D eigenvalue weighted by Gasteiger charge is -2.35. The summed E-state index contributed by atoms with van der Waals surface area (Å²) in [5, 5.41) is 1.55. The third-order valence-corrected chi connectivity index (χ3v) is 8.03. The number of anilines is 1. The van der Waals surface area contributed by atoms with Gasteiger partial charge >= 0.3 is 0 Å². The minimum absolute atomic E-state index is 0.261. The first-order chi connectivity index (χ1) is 16.6. The molecule has 1 aromatic carbocycles. The fourth-order valence-corrected chi connectivity index (χ4v) is 5.93. The number of aromatic nitrogens is 5. The molecule has 5 aromatic rings. The molecule has 4 aromatic heterocycles. The van der Waals surface area contributed by atoms with Crippen LogP contribution in [0.2, 0.25) is 0 Å². The second kappa shape index (κ2) is 8.15. The molecule has 0 amide bonds. The molecule has 1 aliphatic heterocycles. The Balaban J connectivity index is 1.31. The van der Waals surface area contributed by atoms with Gasteiger partial charge in [0.15, 0.2) is 5.82 Å². The molecule has 34 heavy (non-hydrogen) atoms. The molecule has 0 unspecified atom stereocenters. The number of hydrogen-bond donors (Lipinski definition) is 1. The molecular weight excluding hydrogens is 450 g/mol. The second-order valence-corrected chi connectivity index (χ2v) is 9.97. The van der Waals surface area contributed by atoms with E-state index in [2.05, 4.69) is 19.9 Å².